The summed E-state index contributed by atoms with van der Waals surface area (Å²) >= 11 is 0. The third kappa shape index (κ3) is 5.31. The van der Waals surface area contributed by atoms with Crippen molar-refractivity contribution in [1.82, 2.24) is 5.32 Å². The Hall–Kier alpha value is -1.85. The largest absolute Gasteiger partial charge is 0.508 e. The molecule has 0 radical (unpaired) electrons. The Morgan fingerprint density at radius 1 is 1.36 bits per heavy atom. The summed E-state index contributed by atoms with van der Waals surface area (Å²) in [7, 11) is 0. The number of nitrogens with one attached hydrogen (secondary N) is 1. The lowest BCUT2D eigenvalue weighted by Crippen LogP contribution is -2.56. The van der Waals surface area contributed by atoms with Gasteiger partial charge in [-0.2, -0.15) is 0 Å². The van der Waals surface area contributed by atoms with Crippen LogP contribution in [0.25, 0.3) is 0 Å². The molecule has 1 aliphatic carbocycles. The van der Waals surface area contributed by atoms with Crippen molar-refractivity contribution < 1.29 is 14.6 Å². The van der Waals surface area contributed by atoms with Gasteiger partial charge in [-0.15, -0.1) is 0 Å². The predicted octanol–water partition coefficient (Wildman–Crippen LogP) is 2.67. The highest BCUT2D eigenvalue weighted by atomic mass is 16.5. The van der Waals surface area contributed by atoms with Gasteiger partial charge in [0.1, 0.15) is 5.75 Å². The molecule has 1 aliphatic rings. The molecule has 0 saturated carbocycles. The van der Waals surface area contributed by atoms with Gasteiger partial charge in [0.05, 0.1) is 18.2 Å². The average molecular weight is 346 g/mol. The second kappa shape index (κ2) is 9.02. The second-order valence-electron chi connectivity index (χ2n) is 6.76. The van der Waals surface area contributed by atoms with Gasteiger partial charge in [0.2, 0.25) is 5.91 Å². The van der Waals surface area contributed by atoms with Crippen molar-refractivity contribution in [2.45, 2.75) is 70.7 Å². The van der Waals surface area contributed by atoms with Crippen LogP contribution >= 0.6 is 0 Å². The van der Waals surface area contributed by atoms with Gasteiger partial charge in [-0.3, -0.25) is 4.79 Å². The normalized spacial score (nSPS) is 23.4. The van der Waals surface area contributed by atoms with Crippen LogP contribution in [0.3, 0.4) is 0 Å². The lowest BCUT2D eigenvalue weighted by molar-refractivity contribution is -0.121. The number of phenolic OH excluding ortho intramolecular Hbond substituents is 1. The van der Waals surface area contributed by atoms with Crippen LogP contribution in [0, 0.1) is 0 Å². The molecule has 0 spiro atoms. The number of rotatable bonds is 7. The van der Waals surface area contributed by atoms with Crippen LogP contribution in [0.4, 0.5) is 0 Å². The fourth-order valence-electron chi connectivity index (χ4n) is 3.36. The molecule has 0 saturated heterocycles. The number of nitrogens with two attached hydrogens (primary N) is 1. The molecule has 1 aromatic rings. The zero-order valence-corrected chi connectivity index (χ0v) is 15.4. The number of amides is 1. The Balaban J connectivity index is 2.23. The first-order valence-corrected chi connectivity index (χ1v) is 9.09. The summed E-state index contributed by atoms with van der Waals surface area (Å²) in [5.74, 6) is 0.189. The molecule has 0 unspecified atom stereocenters. The van der Waals surface area contributed by atoms with Gasteiger partial charge < -0.3 is 20.9 Å². The molecule has 1 amide bonds. The minimum Gasteiger partial charge on any atom is -0.508 e. The second-order valence-corrected chi connectivity index (χ2v) is 6.76. The zero-order valence-electron chi connectivity index (χ0n) is 15.4. The minimum atomic E-state index is -0.251. The maximum absolute atomic E-state index is 11.6. The first-order chi connectivity index (χ1) is 11.9. The van der Waals surface area contributed by atoms with Gasteiger partial charge in [-0.1, -0.05) is 43.7 Å². The van der Waals surface area contributed by atoms with Crippen LogP contribution in [-0.2, 0) is 16.0 Å². The average Bonchev–Trinajstić information content (AvgIpc) is 2.57. The molecule has 3 atom stereocenters. The van der Waals surface area contributed by atoms with Gasteiger partial charge in [-0.25, -0.2) is 0 Å². The van der Waals surface area contributed by atoms with Crippen LogP contribution in [0.15, 0.2) is 35.9 Å². The van der Waals surface area contributed by atoms with Crippen molar-refractivity contribution in [1.29, 1.82) is 0 Å². The quantitative estimate of drug-likeness (QED) is 0.663. The lowest BCUT2D eigenvalue weighted by atomic mass is 9.85. The maximum atomic E-state index is 11.6. The minimum absolute atomic E-state index is 0.101. The fraction of sp³-hybridized carbons (Fsp3) is 0.550. The van der Waals surface area contributed by atoms with E-state index in [1.165, 1.54) is 6.92 Å². The molecule has 2 rings (SSSR count). The van der Waals surface area contributed by atoms with E-state index in [-0.39, 0.29) is 30.2 Å². The van der Waals surface area contributed by atoms with Crippen LogP contribution in [0.5, 0.6) is 5.75 Å². The van der Waals surface area contributed by atoms with E-state index in [9.17, 15) is 9.90 Å². The summed E-state index contributed by atoms with van der Waals surface area (Å²) in [6.07, 6.45) is 5.09. The Morgan fingerprint density at radius 3 is 2.64 bits per heavy atom. The highest BCUT2D eigenvalue weighted by Gasteiger charge is 2.33. The van der Waals surface area contributed by atoms with E-state index in [4.69, 9.17) is 10.5 Å². The highest BCUT2D eigenvalue weighted by molar-refractivity contribution is 5.73. The fourth-order valence-corrected chi connectivity index (χ4v) is 3.36. The monoisotopic (exact) mass is 346 g/mol. The van der Waals surface area contributed by atoms with Gasteiger partial charge in [0.25, 0.3) is 0 Å². The molecule has 0 heterocycles. The number of carbonyl (C=O) groups excluding carboxylic acids is 1. The first kappa shape index (κ1) is 19.5. The topological polar surface area (TPSA) is 84.6 Å². The molecule has 4 N–H and O–H groups in total. The Bertz CT molecular complexity index is 611. The van der Waals surface area contributed by atoms with Crippen LogP contribution in [-0.4, -0.2) is 35.3 Å². The van der Waals surface area contributed by atoms with Crippen LogP contribution in [0.1, 0.15) is 45.6 Å². The number of ether oxygens (including phenoxy) is 1. The summed E-state index contributed by atoms with van der Waals surface area (Å²) in [5, 5.41) is 13.0. The van der Waals surface area contributed by atoms with Crippen molar-refractivity contribution in [2.75, 3.05) is 0 Å². The number of benzene rings is 1. The molecule has 138 valence electrons. The number of hydrogen-bond acceptors (Lipinski definition) is 4. The summed E-state index contributed by atoms with van der Waals surface area (Å²) < 4.78 is 6.24. The van der Waals surface area contributed by atoms with Crippen molar-refractivity contribution in [3.63, 3.8) is 0 Å². The molecule has 5 heteroatoms. The number of aromatic hydroxyl groups is 1. The molecule has 25 heavy (non-hydrogen) atoms. The van der Waals surface area contributed by atoms with Crippen LogP contribution in [0.2, 0.25) is 0 Å². The molecular formula is C20H30N2O3. The van der Waals surface area contributed by atoms with E-state index in [1.807, 2.05) is 18.2 Å². The van der Waals surface area contributed by atoms with Gasteiger partial charge in [0, 0.05) is 13.0 Å². The highest BCUT2D eigenvalue weighted by Crippen LogP contribution is 2.28. The molecule has 0 fully saturated rings. The number of carbonyl (C=O) groups is 1. The number of phenols is 1. The lowest BCUT2D eigenvalue weighted by Gasteiger charge is -2.37. The van der Waals surface area contributed by atoms with Crippen molar-refractivity contribution in [3.8, 4) is 5.75 Å². The molecule has 0 aromatic heterocycles. The summed E-state index contributed by atoms with van der Waals surface area (Å²) in [4.78, 5) is 11.6. The van der Waals surface area contributed by atoms with E-state index in [0.29, 0.717) is 18.6 Å². The third-order valence-corrected chi connectivity index (χ3v) is 4.75. The van der Waals surface area contributed by atoms with Gasteiger partial charge in [-0.05, 0) is 37.3 Å². The first-order valence-electron chi connectivity index (χ1n) is 9.09. The van der Waals surface area contributed by atoms with E-state index in [2.05, 4.69) is 25.2 Å². The Morgan fingerprint density at radius 2 is 2.04 bits per heavy atom. The molecular weight excluding hydrogens is 316 g/mol. The number of para-hydroxylation sites is 1. The smallest absolute Gasteiger partial charge is 0.217 e. The van der Waals surface area contributed by atoms with Crippen LogP contribution < -0.4 is 11.1 Å². The van der Waals surface area contributed by atoms with E-state index >= 15 is 0 Å². The van der Waals surface area contributed by atoms with E-state index < -0.39 is 0 Å². The predicted molar refractivity (Wildman–Crippen MR) is 99.3 cm³/mol. The van der Waals surface area contributed by atoms with Crippen molar-refractivity contribution in [3.05, 3.63) is 41.5 Å². The number of hydrogen-bond donors (Lipinski definition) is 3. The SMILES string of the molecule is CCC(CC)O[C@@H]1C=C(Cc2ccccc2O)C[C@H](N)[C@H]1NC(C)=O. The van der Waals surface area contributed by atoms with Gasteiger partial charge >= 0.3 is 0 Å². The molecule has 5 nitrogen and oxygen atoms in total. The van der Waals surface area contributed by atoms with E-state index in [1.54, 1.807) is 6.07 Å². The maximum Gasteiger partial charge on any atom is 0.217 e. The van der Waals surface area contributed by atoms with Gasteiger partial charge in [0.15, 0.2) is 0 Å². The summed E-state index contributed by atoms with van der Waals surface area (Å²) in [5.41, 5.74) is 8.37. The standard InChI is InChI=1S/C20H30N2O3/c1-4-16(5-2)25-19-12-14(10-15-8-6-7-9-18(15)24)11-17(21)20(19)22-13(3)23/h6-9,12,16-17,19-20,24H,4-5,10-11,21H2,1-3H3,(H,22,23)/t17-,19+,20+/m0/s1. The zero-order chi connectivity index (χ0) is 18.4. The molecule has 1 aromatic carbocycles. The third-order valence-electron chi connectivity index (χ3n) is 4.75. The Kier molecular flexibility index (Phi) is 7.02. The summed E-state index contributed by atoms with van der Waals surface area (Å²) in [6, 6.07) is 6.89. The van der Waals surface area contributed by atoms with E-state index in [0.717, 1.165) is 24.0 Å². The van der Waals surface area contributed by atoms with Crippen molar-refractivity contribution >= 4 is 5.91 Å². The Labute approximate surface area is 150 Å². The summed E-state index contributed by atoms with van der Waals surface area (Å²) in [6.45, 7) is 5.69. The van der Waals surface area contributed by atoms with Crippen molar-refractivity contribution in [2.24, 2.45) is 5.73 Å². The molecule has 0 bridgehead atoms. The molecule has 0 aliphatic heterocycles.